The number of hydrogen-bond donors (Lipinski definition) is 2. The molecule has 0 saturated carbocycles. The van der Waals surface area contributed by atoms with Crippen molar-refractivity contribution in [3.8, 4) is 0 Å². The van der Waals surface area contributed by atoms with Crippen LogP contribution < -0.4 is 4.72 Å². The molecular weight excluding hydrogens is 300 g/mol. The van der Waals surface area contributed by atoms with Gasteiger partial charge in [0.1, 0.15) is 6.04 Å². The lowest BCUT2D eigenvalue weighted by atomic mass is 10.2. The Balaban J connectivity index is 3.13. The smallest absolute Gasteiger partial charge is 0.321 e. The van der Waals surface area contributed by atoms with Crippen LogP contribution in [0.5, 0.6) is 0 Å². The first-order chi connectivity index (χ1) is 9.69. The fraction of sp³-hybridized carbons (Fsp3) is 0.417. The minimum atomic E-state index is -4.05. The maximum absolute atomic E-state index is 12.2. The van der Waals surface area contributed by atoms with E-state index >= 15 is 0 Å². The Hall–Kier alpha value is -2.00. The molecule has 0 saturated heterocycles. The van der Waals surface area contributed by atoms with Gasteiger partial charge in [-0.2, -0.15) is 4.72 Å². The Morgan fingerprint density at radius 3 is 2.52 bits per heavy atom. The largest absolute Gasteiger partial charge is 0.480 e. The van der Waals surface area contributed by atoms with E-state index in [1.54, 1.807) is 6.92 Å². The SMILES string of the molecule is CCC[C@@H](NS(=O)(=O)c1ccc([N+](=O)[O-])cc1C)C(=O)O. The summed E-state index contributed by atoms with van der Waals surface area (Å²) in [5.41, 5.74) is -0.0490. The van der Waals surface area contributed by atoms with Crippen molar-refractivity contribution in [2.45, 2.75) is 37.6 Å². The minimum absolute atomic E-state index is 0.153. The quantitative estimate of drug-likeness (QED) is 0.579. The van der Waals surface area contributed by atoms with Crippen LogP contribution in [0.15, 0.2) is 23.1 Å². The first kappa shape index (κ1) is 17.1. The summed E-state index contributed by atoms with van der Waals surface area (Å²) in [6.07, 6.45) is 0.652. The highest BCUT2D eigenvalue weighted by atomic mass is 32.2. The second kappa shape index (κ2) is 6.64. The van der Waals surface area contributed by atoms with Crippen LogP contribution in [-0.2, 0) is 14.8 Å². The molecule has 0 aromatic heterocycles. The summed E-state index contributed by atoms with van der Waals surface area (Å²) in [6.45, 7) is 3.15. The maximum atomic E-state index is 12.2. The van der Waals surface area contributed by atoms with E-state index in [-0.39, 0.29) is 22.6 Å². The van der Waals surface area contributed by atoms with Crippen molar-refractivity contribution in [3.63, 3.8) is 0 Å². The van der Waals surface area contributed by atoms with Gasteiger partial charge in [0.25, 0.3) is 5.69 Å². The number of benzene rings is 1. The van der Waals surface area contributed by atoms with Gasteiger partial charge in [-0.3, -0.25) is 14.9 Å². The number of nitrogens with one attached hydrogen (secondary N) is 1. The molecule has 1 atom stereocenters. The van der Waals surface area contributed by atoms with Gasteiger partial charge < -0.3 is 5.11 Å². The average molecular weight is 316 g/mol. The number of aryl methyl sites for hydroxylation is 1. The molecule has 0 bridgehead atoms. The summed E-state index contributed by atoms with van der Waals surface area (Å²) in [4.78, 5) is 20.8. The van der Waals surface area contributed by atoms with Gasteiger partial charge in [0, 0.05) is 12.1 Å². The van der Waals surface area contributed by atoms with Gasteiger partial charge in [0.15, 0.2) is 0 Å². The second-order valence-electron chi connectivity index (χ2n) is 4.51. The number of carbonyl (C=O) groups is 1. The molecule has 21 heavy (non-hydrogen) atoms. The van der Waals surface area contributed by atoms with Gasteiger partial charge >= 0.3 is 5.97 Å². The van der Waals surface area contributed by atoms with Crippen LogP contribution >= 0.6 is 0 Å². The van der Waals surface area contributed by atoms with Crippen molar-refractivity contribution in [2.75, 3.05) is 0 Å². The zero-order valence-corrected chi connectivity index (χ0v) is 12.4. The number of hydrogen-bond acceptors (Lipinski definition) is 5. The van der Waals surface area contributed by atoms with Gasteiger partial charge in [-0.25, -0.2) is 8.42 Å². The predicted octanol–water partition coefficient (Wildman–Crippen LogP) is 1.43. The van der Waals surface area contributed by atoms with E-state index in [9.17, 15) is 23.3 Å². The topological polar surface area (TPSA) is 127 Å². The normalized spacial score (nSPS) is 12.9. The van der Waals surface area contributed by atoms with E-state index in [0.29, 0.717) is 6.42 Å². The van der Waals surface area contributed by atoms with Crippen LogP contribution in [0.3, 0.4) is 0 Å². The van der Waals surface area contributed by atoms with E-state index in [0.717, 1.165) is 18.2 Å². The number of carboxylic acid groups (broad SMARTS) is 1. The Morgan fingerprint density at radius 1 is 1.48 bits per heavy atom. The fourth-order valence-electron chi connectivity index (χ4n) is 1.82. The average Bonchev–Trinajstić information content (AvgIpc) is 2.37. The molecule has 0 unspecified atom stereocenters. The zero-order valence-electron chi connectivity index (χ0n) is 11.6. The van der Waals surface area contributed by atoms with Crippen LogP contribution in [0.4, 0.5) is 5.69 Å². The van der Waals surface area contributed by atoms with E-state index < -0.39 is 27.0 Å². The van der Waals surface area contributed by atoms with E-state index in [4.69, 9.17) is 5.11 Å². The Labute approximate surface area is 122 Å². The Bertz CT molecular complexity index is 656. The lowest BCUT2D eigenvalue weighted by molar-refractivity contribution is -0.385. The van der Waals surface area contributed by atoms with Gasteiger partial charge in [0.2, 0.25) is 10.0 Å². The molecule has 0 fully saturated rings. The van der Waals surface area contributed by atoms with Crippen LogP contribution in [0, 0.1) is 17.0 Å². The highest BCUT2D eigenvalue weighted by molar-refractivity contribution is 7.89. The molecule has 1 aromatic rings. The summed E-state index contributed by atoms with van der Waals surface area (Å²) in [6, 6.07) is 2.07. The lowest BCUT2D eigenvalue weighted by Crippen LogP contribution is -2.40. The molecule has 0 amide bonds. The molecule has 0 spiro atoms. The number of aliphatic carboxylic acids is 1. The predicted molar refractivity (Wildman–Crippen MR) is 74.5 cm³/mol. The van der Waals surface area contributed by atoms with Gasteiger partial charge in [-0.15, -0.1) is 0 Å². The molecule has 0 aliphatic carbocycles. The third-order valence-corrected chi connectivity index (χ3v) is 4.46. The number of carboxylic acids is 1. The zero-order chi connectivity index (χ0) is 16.2. The number of nitro groups is 1. The van der Waals surface area contributed by atoms with Crippen molar-refractivity contribution < 1.29 is 23.2 Å². The number of rotatable bonds is 7. The fourth-order valence-corrected chi connectivity index (χ4v) is 3.27. The van der Waals surface area contributed by atoms with Crippen molar-refractivity contribution in [2.24, 2.45) is 0 Å². The first-order valence-corrected chi connectivity index (χ1v) is 7.67. The highest BCUT2D eigenvalue weighted by Gasteiger charge is 2.26. The van der Waals surface area contributed by atoms with Crippen LogP contribution in [-0.4, -0.2) is 30.5 Å². The van der Waals surface area contributed by atoms with Gasteiger partial charge in [0.05, 0.1) is 9.82 Å². The first-order valence-electron chi connectivity index (χ1n) is 6.19. The number of sulfonamides is 1. The Morgan fingerprint density at radius 2 is 2.10 bits per heavy atom. The molecule has 2 N–H and O–H groups in total. The van der Waals surface area contributed by atoms with Crippen LogP contribution in [0.2, 0.25) is 0 Å². The summed E-state index contributed by atoms with van der Waals surface area (Å²) in [5, 5.41) is 19.6. The maximum Gasteiger partial charge on any atom is 0.321 e. The molecule has 116 valence electrons. The summed E-state index contributed by atoms with van der Waals surface area (Å²) < 4.78 is 26.5. The standard InChI is InChI=1S/C12H16N2O6S/c1-3-4-10(12(15)16)13-21(19,20)11-6-5-9(14(17)18)7-8(11)2/h5-7,10,13H,3-4H2,1-2H3,(H,15,16)/t10-/m1/s1. The molecule has 1 rings (SSSR count). The van der Waals surface area contributed by atoms with Crippen molar-refractivity contribution in [1.82, 2.24) is 4.72 Å². The van der Waals surface area contributed by atoms with Crippen molar-refractivity contribution in [3.05, 3.63) is 33.9 Å². The summed E-state index contributed by atoms with van der Waals surface area (Å²) in [5.74, 6) is -1.26. The molecule has 0 aliphatic rings. The molecular formula is C12H16N2O6S. The minimum Gasteiger partial charge on any atom is -0.480 e. The number of non-ortho nitro benzene ring substituents is 1. The monoisotopic (exact) mass is 316 g/mol. The molecule has 9 heteroatoms. The third kappa shape index (κ3) is 4.23. The van der Waals surface area contributed by atoms with E-state index in [2.05, 4.69) is 4.72 Å². The number of nitro benzene ring substituents is 1. The highest BCUT2D eigenvalue weighted by Crippen LogP contribution is 2.21. The van der Waals surface area contributed by atoms with Gasteiger partial charge in [-0.1, -0.05) is 13.3 Å². The molecule has 8 nitrogen and oxygen atoms in total. The molecule has 0 aliphatic heterocycles. The molecule has 0 heterocycles. The number of nitrogens with zero attached hydrogens (tertiary/aromatic N) is 1. The van der Waals surface area contributed by atoms with Crippen LogP contribution in [0.25, 0.3) is 0 Å². The summed E-state index contributed by atoms with van der Waals surface area (Å²) >= 11 is 0. The van der Waals surface area contributed by atoms with Gasteiger partial charge in [-0.05, 0) is 25.0 Å². The van der Waals surface area contributed by atoms with E-state index in [1.807, 2.05) is 0 Å². The molecule has 0 radical (unpaired) electrons. The lowest BCUT2D eigenvalue weighted by Gasteiger charge is -2.15. The van der Waals surface area contributed by atoms with Crippen molar-refractivity contribution in [1.29, 1.82) is 0 Å². The third-order valence-electron chi connectivity index (χ3n) is 2.83. The van der Waals surface area contributed by atoms with Crippen LogP contribution in [0.1, 0.15) is 25.3 Å². The molecule has 1 aromatic carbocycles. The van der Waals surface area contributed by atoms with Crippen molar-refractivity contribution >= 4 is 21.7 Å². The Kier molecular flexibility index (Phi) is 5.39. The van der Waals surface area contributed by atoms with E-state index in [1.165, 1.54) is 6.92 Å². The summed E-state index contributed by atoms with van der Waals surface area (Å²) in [7, 11) is -4.05. The second-order valence-corrected chi connectivity index (χ2v) is 6.19.